The highest BCUT2D eigenvalue weighted by Gasteiger charge is 2.63. The number of carbonyl (C=O) groups excluding carboxylic acids is 2. The van der Waals surface area contributed by atoms with E-state index in [9.17, 15) is 9.59 Å². The maximum Gasteiger partial charge on any atom is 0.316 e. The highest BCUT2D eigenvalue weighted by Crippen LogP contribution is 2.57. The van der Waals surface area contributed by atoms with Crippen LogP contribution in [0.1, 0.15) is 62.8 Å². The lowest BCUT2D eigenvalue weighted by molar-refractivity contribution is -0.149. The van der Waals surface area contributed by atoms with Crippen LogP contribution in [0, 0.1) is 43.9 Å². The topological polar surface area (TPSA) is 52.6 Å². The number of esters is 1. The summed E-state index contributed by atoms with van der Waals surface area (Å²) in [6.07, 6.45) is 1.84. The fraction of sp³-hybridized carbons (Fsp3) is 0.600. The molecule has 5 atom stereocenters. The largest absolute Gasteiger partial charge is 0.429 e. The van der Waals surface area contributed by atoms with Gasteiger partial charge in [-0.25, -0.2) is 0 Å². The number of Topliss-reactive ketones (excluding diaryl/α,β-unsaturated/α-hetero) is 1. The molecule has 0 amide bonds. The van der Waals surface area contributed by atoms with Crippen molar-refractivity contribution >= 4 is 17.3 Å². The van der Waals surface area contributed by atoms with E-state index in [2.05, 4.69) is 26.0 Å². The third-order valence-electron chi connectivity index (χ3n) is 6.84. The number of allylic oxidation sites excluding steroid dienone is 1. The summed E-state index contributed by atoms with van der Waals surface area (Å²) in [6, 6.07) is 4.19. The minimum Gasteiger partial charge on any atom is -0.429 e. The van der Waals surface area contributed by atoms with Gasteiger partial charge in [-0.2, -0.15) is 0 Å². The van der Waals surface area contributed by atoms with Gasteiger partial charge in [-0.3, -0.25) is 9.59 Å². The van der Waals surface area contributed by atoms with E-state index < -0.39 is 5.41 Å². The van der Waals surface area contributed by atoms with E-state index >= 15 is 0 Å². The molecule has 1 unspecified atom stereocenters. The predicted octanol–water partition coefficient (Wildman–Crippen LogP) is 4.92. The van der Waals surface area contributed by atoms with Crippen LogP contribution in [-0.2, 0) is 19.1 Å². The molecule has 1 aliphatic carbocycles. The van der Waals surface area contributed by atoms with Crippen molar-refractivity contribution in [3.8, 4) is 0 Å². The van der Waals surface area contributed by atoms with Crippen molar-refractivity contribution in [1.29, 1.82) is 0 Å². The molecule has 0 aromatic heterocycles. The molecule has 2 aliphatic heterocycles. The van der Waals surface area contributed by atoms with Crippen LogP contribution in [0.25, 0.3) is 5.57 Å². The molecular formula is C25H32O4. The Bertz CT molecular complexity index is 894. The molecule has 3 aliphatic rings. The van der Waals surface area contributed by atoms with E-state index in [-0.39, 0.29) is 35.8 Å². The van der Waals surface area contributed by atoms with Gasteiger partial charge in [-0.05, 0) is 70.6 Å². The summed E-state index contributed by atoms with van der Waals surface area (Å²) in [5, 5.41) is 0. The van der Waals surface area contributed by atoms with Crippen LogP contribution >= 0.6 is 0 Å². The number of ketones is 1. The highest BCUT2D eigenvalue weighted by atomic mass is 16.6. The molecule has 2 saturated heterocycles. The Balaban J connectivity index is 1.89. The molecule has 1 aromatic rings. The Morgan fingerprint density at radius 1 is 1.14 bits per heavy atom. The van der Waals surface area contributed by atoms with Gasteiger partial charge >= 0.3 is 5.97 Å². The van der Waals surface area contributed by atoms with Crippen LogP contribution in [0.5, 0.6) is 0 Å². The van der Waals surface area contributed by atoms with Crippen molar-refractivity contribution in [3.05, 3.63) is 40.1 Å². The molecular weight excluding hydrogens is 364 g/mol. The average molecular weight is 397 g/mol. The first-order valence-electron chi connectivity index (χ1n) is 10.8. The smallest absolute Gasteiger partial charge is 0.316 e. The van der Waals surface area contributed by atoms with Gasteiger partial charge in [0.1, 0.15) is 5.76 Å². The summed E-state index contributed by atoms with van der Waals surface area (Å²) >= 11 is 0. The third kappa shape index (κ3) is 3.07. The fourth-order valence-electron chi connectivity index (χ4n) is 5.54. The minimum absolute atomic E-state index is 0.0368. The molecule has 4 nitrogen and oxygen atoms in total. The highest BCUT2D eigenvalue weighted by molar-refractivity contribution is 6.26. The van der Waals surface area contributed by atoms with Crippen LogP contribution in [0.2, 0.25) is 0 Å². The molecule has 156 valence electrons. The zero-order valence-electron chi connectivity index (χ0n) is 18.6. The lowest BCUT2D eigenvalue weighted by atomic mass is 9.74. The number of aryl methyl sites for hydroxylation is 3. The number of ether oxygens (including phenoxy) is 2. The summed E-state index contributed by atoms with van der Waals surface area (Å²) in [5.74, 6) is 0.395. The zero-order valence-corrected chi connectivity index (χ0v) is 18.6. The SMILES string of the molecule is CC[C@@H]1CC2O[C@H]1[C@H]1C(OC(=O)C(C)(C)C)=C(c3c(C)cc(C)cc3C)C(=O)[C@@H]21. The lowest BCUT2D eigenvalue weighted by Gasteiger charge is -2.29. The van der Waals surface area contributed by atoms with E-state index in [4.69, 9.17) is 9.47 Å². The summed E-state index contributed by atoms with van der Waals surface area (Å²) in [6.45, 7) is 13.8. The molecule has 2 fully saturated rings. The summed E-state index contributed by atoms with van der Waals surface area (Å²) in [5.41, 5.74) is 4.17. The number of hydrogen-bond acceptors (Lipinski definition) is 4. The van der Waals surface area contributed by atoms with Crippen molar-refractivity contribution in [2.24, 2.45) is 23.2 Å². The Labute approximate surface area is 173 Å². The molecule has 4 rings (SSSR count). The van der Waals surface area contributed by atoms with E-state index in [0.717, 1.165) is 35.1 Å². The van der Waals surface area contributed by atoms with Crippen molar-refractivity contribution in [2.75, 3.05) is 0 Å². The number of rotatable bonds is 3. The van der Waals surface area contributed by atoms with E-state index in [0.29, 0.717) is 17.3 Å². The molecule has 4 heteroatoms. The van der Waals surface area contributed by atoms with Gasteiger partial charge in [0.25, 0.3) is 0 Å². The van der Waals surface area contributed by atoms with Gasteiger partial charge in [0, 0.05) is 0 Å². The van der Waals surface area contributed by atoms with Crippen molar-refractivity contribution in [2.45, 2.75) is 73.5 Å². The van der Waals surface area contributed by atoms with Gasteiger partial charge in [-0.1, -0.05) is 31.0 Å². The second-order valence-corrected chi connectivity index (χ2v) is 10.1. The van der Waals surface area contributed by atoms with Crippen molar-refractivity contribution in [3.63, 3.8) is 0 Å². The quantitative estimate of drug-likeness (QED) is 0.680. The van der Waals surface area contributed by atoms with Crippen molar-refractivity contribution < 1.29 is 19.1 Å². The van der Waals surface area contributed by atoms with Gasteiger partial charge in [0.15, 0.2) is 5.78 Å². The van der Waals surface area contributed by atoms with Crippen LogP contribution in [0.4, 0.5) is 0 Å². The van der Waals surface area contributed by atoms with Gasteiger partial charge in [0.05, 0.1) is 35.0 Å². The Kier molecular flexibility index (Phi) is 4.77. The monoisotopic (exact) mass is 396 g/mol. The number of fused-ring (bicyclic) bond motifs is 5. The average Bonchev–Trinajstić information content (AvgIpc) is 3.26. The predicted molar refractivity (Wildman–Crippen MR) is 112 cm³/mol. The Morgan fingerprint density at radius 3 is 2.31 bits per heavy atom. The molecule has 0 spiro atoms. The minimum atomic E-state index is -0.640. The molecule has 0 saturated carbocycles. The normalized spacial score (nSPS) is 30.9. The molecule has 0 radical (unpaired) electrons. The van der Waals surface area contributed by atoms with Crippen LogP contribution in [0.3, 0.4) is 0 Å². The number of benzene rings is 1. The van der Waals surface area contributed by atoms with Gasteiger partial charge in [0.2, 0.25) is 0 Å². The second-order valence-electron chi connectivity index (χ2n) is 10.1. The zero-order chi connectivity index (χ0) is 21.2. The summed E-state index contributed by atoms with van der Waals surface area (Å²) in [7, 11) is 0. The summed E-state index contributed by atoms with van der Waals surface area (Å²) < 4.78 is 12.3. The van der Waals surface area contributed by atoms with Crippen LogP contribution < -0.4 is 0 Å². The van der Waals surface area contributed by atoms with Crippen LogP contribution in [-0.4, -0.2) is 24.0 Å². The molecule has 2 heterocycles. The van der Waals surface area contributed by atoms with Crippen LogP contribution in [0.15, 0.2) is 17.9 Å². The van der Waals surface area contributed by atoms with E-state index in [1.165, 1.54) is 0 Å². The Hall–Kier alpha value is -1.94. The Morgan fingerprint density at radius 2 is 1.76 bits per heavy atom. The number of carbonyl (C=O) groups is 2. The first kappa shape index (κ1) is 20.3. The van der Waals surface area contributed by atoms with Gasteiger partial charge < -0.3 is 9.47 Å². The standard InChI is InChI=1S/C25H32O4/c1-8-15-11-16-18-20(22(15)28-16)23(29-24(27)25(5,6)7)19(21(18)26)17-13(3)9-12(2)10-14(17)4/h9-10,15-16,18,20,22H,8,11H2,1-7H3/t15-,16?,18+,20+,22-/m1/s1. The number of hydrogen-bond donors (Lipinski definition) is 0. The molecule has 0 N–H and O–H groups in total. The first-order valence-corrected chi connectivity index (χ1v) is 10.8. The third-order valence-corrected chi connectivity index (χ3v) is 6.84. The maximum atomic E-state index is 13.7. The van der Waals surface area contributed by atoms with E-state index in [1.54, 1.807) is 0 Å². The molecule has 2 bridgehead atoms. The van der Waals surface area contributed by atoms with Gasteiger partial charge in [-0.15, -0.1) is 0 Å². The molecule has 1 aromatic carbocycles. The van der Waals surface area contributed by atoms with Crippen molar-refractivity contribution in [1.82, 2.24) is 0 Å². The fourth-order valence-corrected chi connectivity index (χ4v) is 5.54. The first-order chi connectivity index (χ1) is 13.5. The second kappa shape index (κ2) is 6.80. The summed E-state index contributed by atoms with van der Waals surface area (Å²) in [4.78, 5) is 26.5. The lowest BCUT2D eigenvalue weighted by Crippen LogP contribution is -2.35. The molecule has 29 heavy (non-hydrogen) atoms. The van der Waals surface area contributed by atoms with E-state index in [1.807, 2.05) is 34.6 Å². The maximum absolute atomic E-state index is 13.7.